The topological polar surface area (TPSA) is 62.9 Å². The first-order valence-electron chi connectivity index (χ1n) is 7.50. The van der Waals surface area contributed by atoms with Crippen molar-refractivity contribution in [3.05, 3.63) is 35.9 Å². The lowest BCUT2D eigenvalue weighted by atomic mass is 10.00. The number of hydrogen-bond donors (Lipinski definition) is 1. The van der Waals surface area contributed by atoms with E-state index in [9.17, 15) is 0 Å². The Labute approximate surface area is 135 Å². The molecular weight excluding hydrogens is 294 g/mol. The quantitative estimate of drug-likeness (QED) is 0.919. The highest BCUT2D eigenvalue weighted by molar-refractivity contribution is 5.77. The van der Waals surface area contributed by atoms with Gasteiger partial charge < -0.3 is 24.7 Å². The monoisotopic (exact) mass is 315 g/mol. The molecule has 0 unspecified atom stereocenters. The average Bonchev–Trinajstić information content (AvgIpc) is 3.03. The van der Waals surface area contributed by atoms with Crippen LogP contribution in [0.3, 0.4) is 0 Å². The van der Waals surface area contributed by atoms with Crippen LogP contribution in [0, 0.1) is 0 Å². The molecule has 1 aliphatic heterocycles. The molecule has 2 aromatic rings. The summed E-state index contributed by atoms with van der Waals surface area (Å²) in [6.07, 6.45) is 0.873. The van der Waals surface area contributed by atoms with Gasteiger partial charge in [-0.3, -0.25) is 0 Å². The summed E-state index contributed by atoms with van der Waals surface area (Å²) < 4.78 is 22.3. The Hall–Kier alpha value is -2.40. The van der Waals surface area contributed by atoms with E-state index in [-0.39, 0.29) is 6.10 Å². The predicted molar refractivity (Wildman–Crippen MR) is 88.7 cm³/mol. The molecule has 5 nitrogen and oxygen atoms in total. The lowest BCUT2D eigenvalue weighted by Gasteiger charge is -2.16. The first-order chi connectivity index (χ1) is 11.2. The largest absolute Gasteiger partial charge is 0.493 e. The number of para-hydroxylation sites is 1. The van der Waals surface area contributed by atoms with Crippen molar-refractivity contribution in [1.82, 2.24) is 0 Å². The Balaban J connectivity index is 2.12. The fourth-order valence-electron chi connectivity index (χ4n) is 2.93. The Morgan fingerprint density at radius 3 is 2.35 bits per heavy atom. The van der Waals surface area contributed by atoms with Crippen LogP contribution in [0.2, 0.25) is 0 Å². The van der Waals surface area contributed by atoms with Gasteiger partial charge in [0.25, 0.3) is 0 Å². The van der Waals surface area contributed by atoms with Gasteiger partial charge in [-0.2, -0.15) is 0 Å². The molecule has 0 radical (unpaired) electrons. The molecular formula is C18H21NO4. The van der Waals surface area contributed by atoms with E-state index >= 15 is 0 Å². The van der Waals surface area contributed by atoms with E-state index in [0.717, 1.165) is 23.3 Å². The summed E-state index contributed by atoms with van der Waals surface area (Å²) in [5.74, 6) is 2.70. The number of benzene rings is 2. The van der Waals surface area contributed by atoms with E-state index in [1.807, 2.05) is 24.3 Å². The van der Waals surface area contributed by atoms with Crippen LogP contribution in [-0.2, 0) is 6.42 Å². The number of hydrogen-bond acceptors (Lipinski definition) is 5. The highest BCUT2D eigenvalue weighted by Gasteiger charge is 2.25. The van der Waals surface area contributed by atoms with Crippen LogP contribution in [-0.4, -0.2) is 34.0 Å². The second-order valence-corrected chi connectivity index (χ2v) is 5.39. The van der Waals surface area contributed by atoms with Crippen LogP contribution in [0.1, 0.15) is 5.56 Å². The fourth-order valence-corrected chi connectivity index (χ4v) is 2.93. The molecule has 0 aromatic heterocycles. The third-order valence-corrected chi connectivity index (χ3v) is 4.07. The summed E-state index contributed by atoms with van der Waals surface area (Å²) in [5, 5.41) is 0. The molecule has 1 aliphatic rings. The molecule has 0 fully saturated rings. The van der Waals surface area contributed by atoms with E-state index in [0.29, 0.717) is 23.8 Å². The molecule has 0 saturated carbocycles. The van der Waals surface area contributed by atoms with Crippen LogP contribution >= 0.6 is 0 Å². The van der Waals surface area contributed by atoms with Crippen molar-refractivity contribution in [3.63, 3.8) is 0 Å². The lowest BCUT2D eigenvalue weighted by molar-refractivity contribution is 0.242. The number of nitrogens with two attached hydrogens (primary N) is 1. The van der Waals surface area contributed by atoms with Crippen LogP contribution < -0.4 is 24.7 Å². The third kappa shape index (κ3) is 2.68. The van der Waals surface area contributed by atoms with Gasteiger partial charge in [0.1, 0.15) is 11.9 Å². The molecule has 0 saturated heterocycles. The van der Waals surface area contributed by atoms with Gasteiger partial charge in [0.2, 0.25) is 5.75 Å². The van der Waals surface area contributed by atoms with Crippen molar-refractivity contribution >= 4 is 0 Å². The Morgan fingerprint density at radius 1 is 1.09 bits per heavy atom. The lowest BCUT2D eigenvalue weighted by Crippen LogP contribution is -2.24. The zero-order valence-corrected chi connectivity index (χ0v) is 13.6. The normalized spacial score (nSPS) is 15.7. The Bertz CT molecular complexity index is 689. The molecule has 23 heavy (non-hydrogen) atoms. The fraction of sp³-hybridized carbons (Fsp3) is 0.333. The Morgan fingerprint density at radius 2 is 1.78 bits per heavy atom. The maximum Gasteiger partial charge on any atom is 0.203 e. The number of methoxy groups -OCH3 is 3. The van der Waals surface area contributed by atoms with Gasteiger partial charge >= 0.3 is 0 Å². The van der Waals surface area contributed by atoms with Crippen molar-refractivity contribution in [2.45, 2.75) is 12.5 Å². The minimum atomic E-state index is 0.0354. The summed E-state index contributed by atoms with van der Waals surface area (Å²) in [4.78, 5) is 0. The van der Waals surface area contributed by atoms with E-state index < -0.39 is 0 Å². The molecule has 5 heteroatoms. The molecule has 0 bridgehead atoms. The van der Waals surface area contributed by atoms with Crippen molar-refractivity contribution in [2.75, 3.05) is 27.9 Å². The highest BCUT2D eigenvalue weighted by atomic mass is 16.5. The smallest absolute Gasteiger partial charge is 0.203 e. The average molecular weight is 315 g/mol. The zero-order valence-electron chi connectivity index (χ0n) is 13.6. The Kier molecular flexibility index (Phi) is 4.30. The van der Waals surface area contributed by atoms with Crippen molar-refractivity contribution in [3.8, 4) is 34.1 Å². The standard InChI is InChI=1S/C18H21NO4/c1-20-15-8-12(9-16(21-2)18(15)22-3)14-6-4-5-11-7-13(10-19)23-17(11)14/h4-6,8-9,13H,7,10,19H2,1-3H3/t13-/m1/s1. The van der Waals surface area contributed by atoms with Crippen LogP contribution in [0.15, 0.2) is 30.3 Å². The summed E-state index contributed by atoms with van der Waals surface area (Å²) >= 11 is 0. The maximum atomic E-state index is 6.01. The molecule has 2 aromatic carbocycles. The van der Waals surface area contributed by atoms with Crippen molar-refractivity contribution < 1.29 is 18.9 Å². The zero-order chi connectivity index (χ0) is 16.4. The minimum absolute atomic E-state index is 0.0354. The first-order valence-corrected chi connectivity index (χ1v) is 7.50. The van der Waals surface area contributed by atoms with Gasteiger partial charge in [0, 0.05) is 18.5 Å². The second kappa shape index (κ2) is 6.38. The van der Waals surface area contributed by atoms with E-state index in [4.69, 9.17) is 24.7 Å². The molecule has 1 heterocycles. The molecule has 122 valence electrons. The van der Waals surface area contributed by atoms with Crippen molar-refractivity contribution in [2.24, 2.45) is 5.73 Å². The molecule has 0 spiro atoms. The highest BCUT2D eigenvalue weighted by Crippen LogP contribution is 2.45. The summed E-state index contributed by atoms with van der Waals surface area (Å²) in [6.45, 7) is 0.503. The minimum Gasteiger partial charge on any atom is -0.493 e. The third-order valence-electron chi connectivity index (χ3n) is 4.07. The number of ether oxygens (including phenoxy) is 4. The summed E-state index contributed by atoms with van der Waals surface area (Å²) in [6, 6.07) is 9.98. The van der Waals surface area contributed by atoms with Gasteiger partial charge in [-0.1, -0.05) is 18.2 Å². The molecule has 2 N–H and O–H groups in total. The van der Waals surface area contributed by atoms with Crippen LogP contribution in [0.5, 0.6) is 23.0 Å². The molecule has 0 aliphatic carbocycles. The van der Waals surface area contributed by atoms with Gasteiger partial charge in [-0.25, -0.2) is 0 Å². The second-order valence-electron chi connectivity index (χ2n) is 5.39. The SMILES string of the molecule is COc1cc(-c2cccc3c2O[C@@H](CN)C3)cc(OC)c1OC. The summed E-state index contributed by atoms with van der Waals surface area (Å²) in [5.41, 5.74) is 8.87. The van der Waals surface area contributed by atoms with Crippen LogP contribution in [0.25, 0.3) is 11.1 Å². The van der Waals surface area contributed by atoms with Crippen LogP contribution in [0.4, 0.5) is 0 Å². The predicted octanol–water partition coefficient (Wildman–Crippen LogP) is 2.64. The number of rotatable bonds is 5. The van der Waals surface area contributed by atoms with Gasteiger partial charge in [0.05, 0.1) is 21.3 Å². The first kappa shape index (κ1) is 15.5. The molecule has 1 atom stereocenters. The molecule has 3 rings (SSSR count). The van der Waals surface area contributed by atoms with Gasteiger partial charge in [0.15, 0.2) is 11.5 Å². The van der Waals surface area contributed by atoms with E-state index in [1.165, 1.54) is 5.56 Å². The van der Waals surface area contributed by atoms with Gasteiger partial charge in [-0.05, 0) is 23.3 Å². The maximum absolute atomic E-state index is 6.01. The van der Waals surface area contributed by atoms with E-state index in [1.54, 1.807) is 21.3 Å². The van der Waals surface area contributed by atoms with Gasteiger partial charge in [-0.15, -0.1) is 0 Å². The van der Waals surface area contributed by atoms with E-state index in [2.05, 4.69) is 6.07 Å². The van der Waals surface area contributed by atoms with Crippen molar-refractivity contribution in [1.29, 1.82) is 0 Å². The summed E-state index contributed by atoms with van der Waals surface area (Å²) in [7, 11) is 4.81. The number of fused-ring (bicyclic) bond motifs is 1. The molecule has 0 amide bonds.